The molecule has 5 nitrogen and oxygen atoms in total. The molecule has 0 bridgehead atoms. The number of carbonyl (C=O) groups is 1. The van der Waals surface area contributed by atoms with E-state index in [4.69, 9.17) is 4.74 Å². The van der Waals surface area contributed by atoms with Crippen LogP contribution in [0.1, 0.15) is 6.42 Å². The molecule has 0 spiro atoms. The minimum Gasteiger partial charge on any atom is -0.488 e. The van der Waals surface area contributed by atoms with Gasteiger partial charge in [0.2, 0.25) is 0 Å². The van der Waals surface area contributed by atoms with Crippen LogP contribution in [0.15, 0.2) is 24.1 Å². The molecule has 13 heavy (non-hydrogen) atoms. The van der Waals surface area contributed by atoms with Crippen molar-refractivity contribution < 1.29 is 9.53 Å². The second kappa shape index (κ2) is 3.30. The van der Waals surface area contributed by atoms with E-state index in [0.717, 1.165) is 6.42 Å². The van der Waals surface area contributed by atoms with Gasteiger partial charge >= 0.3 is 0 Å². The molecule has 0 atom stereocenters. The molecule has 0 saturated heterocycles. The molecule has 5 heteroatoms. The SMILES string of the molecule is O=C(Nc1ccn[nH]1)C1=CCCO1. The van der Waals surface area contributed by atoms with Crippen molar-refractivity contribution in [1.29, 1.82) is 0 Å². The van der Waals surface area contributed by atoms with Gasteiger partial charge in [0.1, 0.15) is 5.82 Å². The van der Waals surface area contributed by atoms with Crippen LogP contribution in [0, 0.1) is 0 Å². The second-order valence-corrected chi connectivity index (χ2v) is 2.63. The number of anilines is 1. The van der Waals surface area contributed by atoms with E-state index in [0.29, 0.717) is 18.2 Å². The Balaban J connectivity index is 1.99. The minimum atomic E-state index is -0.234. The molecule has 68 valence electrons. The summed E-state index contributed by atoms with van der Waals surface area (Å²) in [4.78, 5) is 11.4. The number of nitrogens with zero attached hydrogens (tertiary/aromatic N) is 1. The first-order chi connectivity index (χ1) is 6.36. The van der Waals surface area contributed by atoms with Crippen LogP contribution < -0.4 is 5.32 Å². The maximum atomic E-state index is 11.4. The molecule has 1 aromatic heterocycles. The number of carbonyl (C=O) groups excluding carboxylic acids is 1. The van der Waals surface area contributed by atoms with Crippen molar-refractivity contribution >= 4 is 11.7 Å². The predicted molar refractivity (Wildman–Crippen MR) is 45.9 cm³/mol. The molecular formula is C8H9N3O2. The first kappa shape index (κ1) is 7.85. The number of hydrogen-bond acceptors (Lipinski definition) is 3. The van der Waals surface area contributed by atoms with E-state index in [9.17, 15) is 4.79 Å². The Labute approximate surface area is 74.8 Å². The average molecular weight is 179 g/mol. The molecule has 2 heterocycles. The Morgan fingerprint density at radius 1 is 1.69 bits per heavy atom. The summed E-state index contributed by atoms with van der Waals surface area (Å²) in [6.45, 7) is 0.589. The number of H-pyrrole nitrogens is 1. The van der Waals surface area contributed by atoms with Crippen molar-refractivity contribution in [2.24, 2.45) is 0 Å². The van der Waals surface area contributed by atoms with Crippen molar-refractivity contribution in [3.63, 3.8) is 0 Å². The van der Waals surface area contributed by atoms with Crippen LogP contribution in [-0.2, 0) is 9.53 Å². The Kier molecular flexibility index (Phi) is 1.99. The van der Waals surface area contributed by atoms with Gasteiger partial charge in [-0.25, -0.2) is 0 Å². The molecule has 0 fully saturated rings. The summed E-state index contributed by atoms with van der Waals surface area (Å²) < 4.78 is 5.08. The van der Waals surface area contributed by atoms with E-state index in [1.807, 2.05) is 0 Å². The maximum absolute atomic E-state index is 11.4. The fraction of sp³-hybridized carbons (Fsp3) is 0.250. The summed E-state index contributed by atoms with van der Waals surface area (Å²) in [6, 6.07) is 1.67. The summed E-state index contributed by atoms with van der Waals surface area (Å²) in [6.07, 6.45) is 4.14. The second-order valence-electron chi connectivity index (χ2n) is 2.63. The monoisotopic (exact) mass is 179 g/mol. The molecule has 0 radical (unpaired) electrons. The van der Waals surface area contributed by atoms with Crippen molar-refractivity contribution in [2.45, 2.75) is 6.42 Å². The molecule has 0 aliphatic carbocycles. The molecule has 1 aliphatic rings. The van der Waals surface area contributed by atoms with Gasteiger partial charge in [-0.3, -0.25) is 9.89 Å². The van der Waals surface area contributed by atoms with E-state index in [2.05, 4.69) is 15.5 Å². The van der Waals surface area contributed by atoms with Crippen molar-refractivity contribution in [1.82, 2.24) is 10.2 Å². The summed E-state index contributed by atoms with van der Waals surface area (Å²) in [5.41, 5.74) is 0. The Hall–Kier alpha value is -1.78. The van der Waals surface area contributed by atoms with E-state index in [1.54, 1.807) is 18.3 Å². The van der Waals surface area contributed by atoms with Crippen molar-refractivity contribution in [3.8, 4) is 0 Å². The molecular weight excluding hydrogens is 170 g/mol. The largest absolute Gasteiger partial charge is 0.488 e. The van der Waals surface area contributed by atoms with Crippen LogP contribution in [0.25, 0.3) is 0 Å². The van der Waals surface area contributed by atoms with Gasteiger partial charge in [-0.15, -0.1) is 0 Å². The first-order valence-corrected chi connectivity index (χ1v) is 4.00. The molecule has 1 aromatic rings. The zero-order valence-electron chi connectivity index (χ0n) is 6.91. The fourth-order valence-corrected chi connectivity index (χ4v) is 1.09. The average Bonchev–Trinajstić information content (AvgIpc) is 2.74. The zero-order valence-corrected chi connectivity index (χ0v) is 6.91. The van der Waals surface area contributed by atoms with Gasteiger partial charge in [0, 0.05) is 12.5 Å². The topological polar surface area (TPSA) is 67.0 Å². The lowest BCUT2D eigenvalue weighted by molar-refractivity contribution is -0.115. The number of aromatic amines is 1. The van der Waals surface area contributed by atoms with Gasteiger partial charge in [-0.1, -0.05) is 0 Å². The first-order valence-electron chi connectivity index (χ1n) is 4.00. The molecule has 0 unspecified atom stereocenters. The van der Waals surface area contributed by atoms with Crippen LogP contribution >= 0.6 is 0 Å². The van der Waals surface area contributed by atoms with Gasteiger partial charge < -0.3 is 10.1 Å². The summed E-state index contributed by atoms with van der Waals surface area (Å²) in [5.74, 6) is 0.720. The van der Waals surface area contributed by atoms with E-state index in [1.165, 1.54) is 0 Å². The highest BCUT2D eigenvalue weighted by Crippen LogP contribution is 2.11. The van der Waals surface area contributed by atoms with Gasteiger partial charge in [0.15, 0.2) is 5.76 Å². The molecule has 2 rings (SSSR count). The Morgan fingerprint density at radius 3 is 3.23 bits per heavy atom. The highest BCUT2D eigenvalue weighted by molar-refractivity contribution is 6.01. The molecule has 2 N–H and O–H groups in total. The van der Waals surface area contributed by atoms with Gasteiger partial charge in [0.25, 0.3) is 5.91 Å². The third-order valence-corrected chi connectivity index (χ3v) is 1.68. The van der Waals surface area contributed by atoms with Gasteiger partial charge in [0.05, 0.1) is 12.8 Å². The number of nitrogens with one attached hydrogen (secondary N) is 2. The quantitative estimate of drug-likeness (QED) is 0.700. The number of ether oxygens (including phenoxy) is 1. The Morgan fingerprint density at radius 2 is 2.62 bits per heavy atom. The fourth-order valence-electron chi connectivity index (χ4n) is 1.09. The highest BCUT2D eigenvalue weighted by atomic mass is 16.5. The van der Waals surface area contributed by atoms with Crippen LogP contribution in [0.5, 0.6) is 0 Å². The van der Waals surface area contributed by atoms with Gasteiger partial charge in [-0.05, 0) is 6.08 Å². The smallest absolute Gasteiger partial charge is 0.291 e. The van der Waals surface area contributed by atoms with Crippen LogP contribution in [-0.4, -0.2) is 22.7 Å². The normalized spacial score (nSPS) is 14.9. The molecule has 0 aromatic carbocycles. The van der Waals surface area contributed by atoms with Crippen molar-refractivity contribution in [2.75, 3.05) is 11.9 Å². The maximum Gasteiger partial charge on any atom is 0.291 e. The Bertz CT molecular complexity index is 329. The van der Waals surface area contributed by atoms with E-state index >= 15 is 0 Å². The van der Waals surface area contributed by atoms with Crippen LogP contribution in [0.4, 0.5) is 5.82 Å². The third kappa shape index (κ3) is 1.69. The molecule has 1 aliphatic heterocycles. The van der Waals surface area contributed by atoms with Gasteiger partial charge in [-0.2, -0.15) is 5.10 Å². The van der Waals surface area contributed by atoms with Crippen molar-refractivity contribution in [3.05, 3.63) is 24.1 Å². The summed E-state index contributed by atoms with van der Waals surface area (Å²) >= 11 is 0. The van der Waals surface area contributed by atoms with E-state index < -0.39 is 0 Å². The number of rotatable bonds is 2. The lowest BCUT2D eigenvalue weighted by Crippen LogP contribution is -2.14. The van der Waals surface area contributed by atoms with Crippen LogP contribution in [0.3, 0.4) is 0 Å². The number of aromatic nitrogens is 2. The molecule has 1 amide bonds. The predicted octanol–water partition coefficient (Wildman–Crippen LogP) is 0.652. The highest BCUT2D eigenvalue weighted by Gasteiger charge is 2.14. The lowest BCUT2D eigenvalue weighted by Gasteiger charge is -2.02. The summed E-state index contributed by atoms with van der Waals surface area (Å²) in [7, 11) is 0. The standard InChI is InChI=1S/C8H9N3O2/c12-8(6-2-1-5-13-6)10-7-3-4-9-11-7/h2-4H,1,5H2,(H2,9,10,11,12). The van der Waals surface area contributed by atoms with Crippen LogP contribution in [0.2, 0.25) is 0 Å². The zero-order chi connectivity index (χ0) is 9.10. The minimum absolute atomic E-state index is 0.234. The lowest BCUT2D eigenvalue weighted by atomic mass is 10.4. The number of amides is 1. The van der Waals surface area contributed by atoms with E-state index in [-0.39, 0.29) is 5.91 Å². The third-order valence-electron chi connectivity index (χ3n) is 1.68. The molecule has 0 saturated carbocycles. The number of hydrogen-bond donors (Lipinski definition) is 2. The summed E-state index contributed by atoms with van der Waals surface area (Å²) in [5, 5.41) is 8.94.